The number of anilines is 1. The van der Waals surface area contributed by atoms with Gasteiger partial charge in [-0.15, -0.1) is 0 Å². The number of benzene rings is 1. The second-order valence-electron chi connectivity index (χ2n) is 3.67. The second-order valence-corrected chi connectivity index (χ2v) is 5.27. The fourth-order valence-electron chi connectivity index (χ4n) is 1.35. The van der Waals surface area contributed by atoms with E-state index in [-0.39, 0.29) is 13.0 Å². The average Bonchev–Trinajstić information content (AvgIpc) is 2.28. The Kier molecular flexibility index (Phi) is 6.73. The van der Waals surface area contributed by atoms with Crippen molar-refractivity contribution in [2.45, 2.75) is 19.4 Å². The molecular weight excluding hydrogens is 368 g/mol. The van der Waals surface area contributed by atoms with Gasteiger partial charge in [-0.2, -0.15) is 0 Å². The van der Waals surface area contributed by atoms with Crippen molar-refractivity contribution in [1.29, 1.82) is 0 Å². The predicted octanol–water partition coefficient (Wildman–Crippen LogP) is 2.67. The van der Waals surface area contributed by atoms with Gasteiger partial charge in [0.25, 0.3) is 0 Å². The third kappa shape index (κ3) is 5.41. The fraction of sp³-hybridized carbons (Fsp3) is 0.417. The van der Waals surface area contributed by atoms with Crippen LogP contribution >= 0.6 is 34.2 Å². The zero-order valence-corrected chi connectivity index (χ0v) is 12.9. The molecular formula is C12H15ClINO3. The van der Waals surface area contributed by atoms with E-state index >= 15 is 0 Å². The molecule has 0 radical (unpaired) electrons. The van der Waals surface area contributed by atoms with Crippen LogP contribution in [0.5, 0.6) is 0 Å². The van der Waals surface area contributed by atoms with Crippen molar-refractivity contribution in [3.05, 3.63) is 26.8 Å². The van der Waals surface area contributed by atoms with E-state index in [2.05, 4.69) is 27.9 Å². The van der Waals surface area contributed by atoms with E-state index in [0.29, 0.717) is 11.6 Å². The molecule has 1 unspecified atom stereocenters. The van der Waals surface area contributed by atoms with Crippen molar-refractivity contribution in [3.63, 3.8) is 0 Å². The van der Waals surface area contributed by atoms with Crippen LogP contribution in [0.25, 0.3) is 0 Å². The van der Waals surface area contributed by atoms with Crippen molar-refractivity contribution in [1.82, 2.24) is 0 Å². The molecule has 0 heterocycles. The van der Waals surface area contributed by atoms with Gasteiger partial charge in [0.1, 0.15) is 0 Å². The van der Waals surface area contributed by atoms with Crippen LogP contribution < -0.4 is 5.32 Å². The van der Waals surface area contributed by atoms with Gasteiger partial charge in [0.05, 0.1) is 19.1 Å². The molecule has 0 aliphatic heterocycles. The first-order valence-electron chi connectivity index (χ1n) is 5.55. The number of carbonyl (C=O) groups excluding carboxylic acids is 1. The third-order valence-corrected chi connectivity index (χ3v) is 3.29. The van der Waals surface area contributed by atoms with Crippen LogP contribution in [0.4, 0.5) is 5.69 Å². The van der Waals surface area contributed by atoms with Crippen LogP contribution in [0.15, 0.2) is 18.2 Å². The Balaban J connectivity index is 2.42. The molecule has 0 spiro atoms. The van der Waals surface area contributed by atoms with Gasteiger partial charge in [-0.05, 0) is 47.7 Å². The van der Waals surface area contributed by atoms with Crippen LogP contribution in [-0.4, -0.2) is 30.3 Å². The Labute approximate surface area is 125 Å². The van der Waals surface area contributed by atoms with E-state index in [9.17, 15) is 9.90 Å². The minimum atomic E-state index is -0.768. The first kappa shape index (κ1) is 15.5. The molecule has 0 saturated heterocycles. The minimum absolute atomic E-state index is 0.00892. The topological polar surface area (TPSA) is 58.6 Å². The standard InChI is InChI=1S/C12H15ClINO3/c1-2-18-12(17)6-9(16)7-15-11-4-3-8(13)5-10(11)14/h3-5,9,15-16H,2,6-7H2,1H3. The van der Waals surface area contributed by atoms with E-state index in [4.69, 9.17) is 16.3 Å². The van der Waals surface area contributed by atoms with Crippen LogP contribution in [0.2, 0.25) is 5.02 Å². The zero-order chi connectivity index (χ0) is 13.5. The van der Waals surface area contributed by atoms with Gasteiger partial charge in [-0.3, -0.25) is 4.79 Å². The van der Waals surface area contributed by atoms with Gasteiger partial charge < -0.3 is 15.2 Å². The SMILES string of the molecule is CCOC(=O)CC(O)CNc1ccc(Cl)cc1I. The Bertz CT molecular complexity index is 414. The van der Waals surface area contributed by atoms with Gasteiger partial charge in [0.15, 0.2) is 0 Å². The molecule has 0 aliphatic rings. The molecule has 0 fully saturated rings. The quantitative estimate of drug-likeness (QED) is 0.586. The summed E-state index contributed by atoms with van der Waals surface area (Å²) in [7, 11) is 0. The summed E-state index contributed by atoms with van der Waals surface area (Å²) < 4.78 is 5.72. The van der Waals surface area contributed by atoms with Gasteiger partial charge in [0.2, 0.25) is 0 Å². The molecule has 4 nitrogen and oxygen atoms in total. The van der Waals surface area contributed by atoms with Gasteiger partial charge in [0, 0.05) is 20.8 Å². The Hall–Kier alpha value is -0.530. The molecule has 0 aromatic heterocycles. The normalized spacial score (nSPS) is 12.0. The summed E-state index contributed by atoms with van der Waals surface area (Å²) in [5.41, 5.74) is 0.878. The molecule has 2 N–H and O–H groups in total. The summed E-state index contributed by atoms with van der Waals surface area (Å²) in [4.78, 5) is 11.1. The molecule has 18 heavy (non-hydrogen) atoms. The van der Waals surface area contributed by atoms with Crippen molar-refractivity contribution >= 4 is 45.8 Å². The Morgan fingerprint density at radius 2 is 2.33 bits per heavy atom. The number of nitrogens with one attached hydrogen (secondary N) is 1. The number of halogens is 2. The Morgan fingerprint density at radius 3 is 2.94 bits per heavy atom. The van der Waals surface area contributed by atoms with Crippen molar-refractivity contribution in [3.8, 4) is 0 Å². The van der Waals surface area contributed by atoms with E-state index in [1.807, 2.05) is 12.1 Å². The molecule has 0 bridgehead atoms. The molecule has 1 aromatic carbocycles. The lowest BCUT2D eigenvalue weighted by Gasteiger charge is -2.13. The van der Waals surface area contributed by atoms with Crippen molar-refractivity contribution in [2.24, 2.45) is 0 Å². The molecule has 0 amide bonds. The van der Waals surface area contributed by atoms with Gasteiger partial charge in [-0.25, -0.2) is 0 Å². The second kappa shape index (κ2) is 7.81. The number of rotatable bonds is 6. The Morgan fingerprint density at radius 1 is 1.61 bits per heavy atom. The molecule has 6 heteroatoms. The maximum Gasteiger partial charge on any atom is 0.308 e. The van der Waals surface area contributed by atoms with Crippen LogP contribution in [-0.2, 0) is 9.53 Å². The van der Waals surface area contributed by atoms with Crippen molar-refractivity contribution < 1.29 is 14.6 Å². The molecule has 1 atom stereocenters. The number of esters is 1. The molecule has 0 saturated carbocycles. The largest absolute Gasteiger partial charge is 0.466 e. The van der Waals surface area contributed by atoms with Gasteiger partial charge >= 0.3 is 5.97 Å². The lowest BCUT2D eigenvalue weighted by atomic mass is 10.2. The third-order valence-electron chi connectivity index (χ3n) is 2.17. The number of ether oxygens (including phenoxy) is 1. The van der Waals surface area contributed by atoms with Crippen LogP contribution in [0, 0.1) is 3.57 Å². The van der Waals surface area contributed by atoms with E-state index < -0.39 is 12.1 Å². The highest BCUT2D eigenvalue weighted by Gasteiger charge is 2.11. The molecule has 1 rings (SSSR count). The summed E-state index contributed by atoms with van der Waals surface area (Å²) in [6, 6.07) is 5.42. The number of hydrogen-bond acceptors (Lipinski definition) is 4. The first-order chi connectivity index (χ1) is 8.52. The predicted molar refractivity (Wildman–Crippen MR) is 79.9 cm³/mol. The number of carbonyl (C=O) groups is 1. The smallest absolute Gasteiger partial charge is 0.308 e. The molecule has 1 aromatic rings. The number of hydrogen-bond donors (Lipinski definition) is 2. The zero-order valence-electron chi connectivity index (χ0n) is 9.95. The first-order valence-corrected chi connectivity index (χ1v) is 7.01. The summed E-state index contributed by atoms with van der Waals surface area (Å²) in [6.45, 7) is 2.35. The monoisotopic (exact) mass is 383 g/mol. The van der Waals surface area contributed by atoms with Gasteiger partial charge in [-0.1, -0.05) is 11.6 Å². The maximum absolute atomic E-state index is 11.1. The highest BCUT2D eigenvalue weighted by Crippen LogP contribution is 2.22. The van der Waals surface area contributed by atoms with Crippen LogP contribution in [0.3, 0.4) is 0 Å². The lowest BCUT2D eigenvalue weighted by molar-refractivity contribution is -0.145. The molecule has 0 aliphatic carbocycles. The van der Waals surface area contributed by atoms with Crippen LogP contribution in [0.1, 0.15) is 13.3 Å². The summed E-state index contributed by atoms with van der Waals surface area (Å²) >= 11 is 7.99. The molecule has 100 valence electrons. The maximum atomic E-state index is 11.1. The summed E-state index contributed by atoms with van der Waals surface area (Å²) in [6.07, 6.45) is -0.777. The minimum Gasteiger partial charge on any atom is -0.466 e. The summed E-state index contributed by atoms with van der Waals surface area (Å²) in [5.74, 6) is -0.391. The fourth-order valence-corrected chi connectivity index (χ4v) is 2.41. The van der Waals surface area contributed by atoms with E-state index in [1.54, 1.807) is 13.0 Å². The van der Waals surface area contributed by atoms with E-state index in [1.165, 1.54) is 0 Å². The number of aliphatic hydroxyl groups is 1. The highest BCUT2D eigenvalue weighted by atomic mass is 127. The lowest BCUT2D eigenvalue weighted by Crippen LogP contribution is -2.24. The van der Waals surface area contributed by atoms with Crippen molar-refractivity contribution in [2.75, 3.05) is 18.5 Å². The highest BCUT2D eigenvalue weighted by molar-refractivity contribution is 14.1. The van der Waals surface area contributed by atoms with E-state index in [0.717, 1.165) is 9.26 Å². The summed E-state index contributed by atoms with van der Waals surface area (Å²) in [5, 5.41) is 13.4. The average molecular weight is 384 g/mol. The number of aliphatic hydroxyl groups excluding tert-OH is 1.